The summed E-state index contributed by atoms with van der Waals surface area (Å²) in [7, 11) is 0. The summed E-state index contributed by atoms with van der Waals surface area (Å²) in [4.78, 5) is 21.0. The maximum Gasteiger partial charge on any atom is 0.227 e. The van der Waals surface area contributed by atoms with Gasteiger partial charge in [0.05, 0.1) is 5.69 Å². The first kappa shape index (κ1) is 29.9. The van der Waals surface area contributed by atoms with Gasteiger partial charge in [-0.3, -0.25) is 4.79 Å². The zero-order chi connectivity index (χ0) is 27.2. The summed E-state index contributed by atoms with van der Waals surface area (Å²) in [5.74, 6) is -1.54. The molecule has 0 aliphatic rings. The second-order valence-electron chi connectivity index (χ2n) is 8.76. The van der Waals surface area contributed by atoms with E-state index in [1.807, 2.05) is 39.0 Å². The van der Waals surface area contributed by atoms with Gasteiger partial charge in [-0.1, -0.05) is 70.9 Å². The highest BCUT2D eigenvalue weighted by atomic mass is 19.1. The van der Waals surface area contributed by atoms with Crippen molar-refractivity contribution in [2.75, 3.05) is 5.32 Å². The van der Waals surface area contributed by atoms with Gasteiger partial charge in [0, 0.05) is 30.3 Å². The number of aromatic nitrogens is 2. The molecule has 5 nitrogen and oxygen atoms in total. The number of hydrogen-bond acceptors (Lipinski definition) is 4. The SMILES string of the molecule is CC.CCCC(CCC(CCC)c1ccccc1)C(=O)Nc1cc(F)c(Oc2ccnc(C)n2)cc1F. The minimum absolute atomic E-state index is 0.107. The summed E-state index contributed by atoms with van der Waals surface area (Å²) in [6.45, 7) is 9.84. The first-order chi connectivity index (χ1) is 17.9. The molecule has 2 aromatic carbocycles. The zero-order valence-electron chi connectivity index (χ0n) is 22.6. The molecule has 0 spiro atoms. The Morgan fingerprint density at radius 2 is 1.65 bits per heavy atom. The Labute approximate surface area is 219 Å². The van der Waals surface area contributed by atoms with Crippen molar-refractivity contribution in [2.45, 2.75) is 79.1 Å². The second-order valence-corrected chi connectivity index (χ2v) is 8.76. The number of carbonyl (C=O) groups excluding carboxylic acids is 1. The van der Waals surface area contributed by atoms with Crippen LogP contribution in [0.15, 0.2) is 54.7 Å². The fourth-order valence-corrected chi connectivity index (χ4v) is 4.25. The molecule has 1 N–H and O–H groups in total. The van der Waals surface area contributed by atoms with Gasteiger partial charge < -0.3 is 10.1 Å². The number of hydrogen-bond donors (Lipinski definition) is 1. The highest BCUT2D eigenvalue weighted by Crippen LogP contribution is 2.31. The molecule has 3 aromatic rings. The molecule has 0 radical (unpaired) electrons. The van der Waals surface area contributed by atoms with Crippen molar-refractivity contribution in [3.8, 4) is 11.6 Å². The Bertz CT molecular complexity index is 1110. The van der Waals surface area contributed by atoms with E-state index in [-0.39, 0.29) is 29.1 Å². The van der Waals surface area contributed by atoms with Crippen molar-refractivity contribution in [3.05, 3.63) is 77.8 Å². The highest BCUT2D eigenvalue weighted by Gasteiger charge is 2.22. The lowest BCUT2D eigenvalue weighted by atomic mass is 9.86. The summed E-state index contributed by atoms with van der Waals surface area (Å²) in [6, 6.07) is 13.6. The molecule has 0 aliphatic carbocycles. The predicted octanol–water partition coefficient (Wildman–Crippen LogP) is 8.60. The van der Waals surface area contributed by atoms with Crippen LogP contribution in [0.1, 0.15) is 83.5 Å². The molecular weight excluding hydrogens is 472 g/mol. The number of rotatable bonds is 12. The Morgan fingerprint density at radius 3 is 2.30 bits per heavy atom. The van der Waals surface area contributed by atoms with Gasteiger partial charge in [-0.15, -0.1) is 0 Å². The van der Waals surface area contributed by atoms with E-state index in [9.17, 15) is 13.6 Å². The average molecular weight is 512 g/mol. The molecule has 2 unspecified atom stereocenters. The minimum atomic E-state index is -0.794. The maximum atomic E-state index is 14.8. The molecular formula is C30H39F2N3O2. The van der Waals surface area contributed by atoms with Crippen molar-refractivity contribution in [3.63, 3.8) is 0 Å². The van der Waals surface area contributed by atoms with E-state index in [2.05, 4.69) is 34.3 Å². The Hall–Kier alpha value is -3.35. The van der Waals surface area contributed by atoms with Crippen LogP contribution in [0.25, 0.3) is 0 Å². The van der Waals surface area contributed by atoms with E-state index in [1.54, 1.807) is 6.92 Å². The van der Waals surface area contributed by atoms with Crippen molar-refractivity contribution >= 4 is 11.6 Å². The van der Waals surface area contributed by atoms with Crippen LogP contribution in [0.5, 0.6) is 11.6 Å². The number of carbonyl (C=O) groups is 1. The van der Waals surface area contributed by atoms with Crippen LogP contribution in [-0.4, -0.2) is 15.9 Å². The molecule has 1 amide bonds. The minimum Gasteiger partial charge on any atom is -0.436 e. The van der Waals surface area contributed by atoms with Crippen LogP contribution in [0, 0.1) is 24.5 Å². The first-order valence-corrected chi connectivity index (χ1v) is 13.2. The third-order valence-electron chi connectivity index (χ3n) is 6.02. The van der Waals surface area contributed by atoms with Crippen LogP contribution in [-0.2, 0) is 4.79 Å². The predicted molar refractivity (Wildman–Crippen MR) is 145 cm³/mol. The third kappa shape index (κ3) is 9.23. The Morgan fingerprint density at radius 1 is 0.946 bits per heavy atom. The second kappa shape index (κ2) is 15.7. The Balaban J connectivity index is 0.00000235. The van der Waals surface area contributed by atoms with Crippen LogP contribution in [0.4, 0.5) is 14.5 Å². The summed E-state index contributed by atoms with van der Waals surface area (Å²) in [5, 5.41) is 2.60. The van der Waals surface area contributed by atoms with Crippen LogP contribution in [0.3, 0.4) is 0 Å². The van der Waals surface area contributed by atoms with Gasteiger partial charge in [0.15, 0.2) is 17.4 Å². The molecule has 200 valence electrons. The number of anilines is 1. The lowest BCUT2D eigenvalue weighted by Gasteiger charge is -2.21. The molecule has 0 bridgehead atoms. The van der Waals surface area contributed by atoms with E-state index < -0.39 is 11.6 Å². The highest BCUT2D eigenvalue weighted by molar-refractivity contribution is 5.92. The number of aryl methyl sites for hydroxylation is 1. The van der Waals surface area contributed by atoms with Crippen molar-refractivity contribution in [1.29, 1.82) is 0 Å². The van der Waals surface area contributed by atoms with E-state index in [0.717, 1.165) is 37.8 Å². The molecule has 2 atom stereocenters. The molecule has 0 aliphatic heterocycles. The molecule has 7 heteroatoms. The molecule has 1 heterocycles. The number of benzene rings is 2. The topological polar surface area (TPSA) is 64.1 Å². The van der Waals surface area contributed by atoms with Gasteiger partial charge in [-0.2, -0.15) is 4.98 Å². The molecule has 0 saturated heterocycles. The van der Waals surface area contributed by atoms with Gasteiger partial charge in [-0.05, 0) is 44.1 Å². The zero-order valence-corrected chi connectivity index (χ0v) is 22.6. The van der Waals surface area contributed by atoms with E-state index in [0.29, 0.717) is 24.6 Å². The first-order valence-electron chi connectivity index (χ1n) is 13.2. The monoisotopic (exact) mass is 511 g/mol. The fraction of sp³-hybridized carbons (Fsp3) is 0.433. The van der Waals surface area contributed by atoms with E-state index in [1.165, 1.54) is 17.8 Å². The summed E-state index contributed by atoms with van der Waals surface area (Å²) in [6.07, 6.45) is 6.60. The number of ether oxygens (including phenoxy) is 1. The summed E-state index contributed by atoms with van der Waals surface area (Å²) in [5.41, 5.74) is 1.07. The van der Waals surface area contributed by atoms with Crippen molar-refractivity contribution < 1.29 is 18.3 Å². The summed E-state index contributed by atoms with van der Waals surface area (Å²) < 4.78 is 34.8. The Kier molecular flexibility index (Phi) is 12.7. The van der Waals surface area contributed by atoms with Gasteiger partial charge in [-0.25, -0.2) is 13.8 Å². The van der Waals surface area contributed by atoms with Gasteiger partial charge in [0.25, 0.3) is 0 Å². The number of nitrogens with one attached hydrogen (secondary N) is 1. The lowest BCUT2D eigenvalue weighted by molar-refractivity contribution is -0.120. The lowest BCUT2D eigenvalue weighted by Crippen LogP contribution is -2.24. The van der Waals surface area contributed by atoms with Gasteiger partial charge in [0.1, 0.15) is 5.82 Å². The summed E-state index contributed by atoms with van der Waals surface area (Å²) >= 11 is 0. The van der Waals surface area contributed by atoms with Crippen LogP contribution < -0.4 is 10.1 Å². The van der Waals surface area contributed by atoms with Crippen LogP contribution >= 0.6 is 0 Å². The normalized spacial score (nSPS) is 12.2. The van der Waals surface area contributed by atoms with E-state index in [4.69, 9.17) is 4.74 Å². The van der Waals surface area contributed by atoms with Crippen LogP contribution in [0.2, 0.25) is 0 Å². The molecule has 3 rings (SSSR count). The smallest absolute Gasteiger partial charge is 0.227 e. The molecule has 0 fully saturated rings. The quantitative estimate of drug-likeness (QED) is 0.264. The van der Waals surface area contributed by atoms with Gasteiger partial charge in [0.2, 0.25) is 11.8 Å². The largest absolute Gasteiger partial charge is 0.436 e. The molecule has 1 aromatic heterocycles. The number of amides is 1. The third-order valence-corrected chi connectivity index (χ3v) is 6.02. The van der Waals surface area contributed by atoms with Crippen molar-refractivity contribution in [2.24, 2.45) is 5.92 Å². The maximum absolute atomic E-state index is 14.8. The molecule has 37 heavy (non-hydrogen) atoms. The van der Waals surface area contributed by atoms with E-state index >= 15 is 0 Å². The number of halogens is 2. The van der Waals surface area contributed by atoms with Gasteiger partial charge >= 0.3 is 0 Å². The molecule has 0 saturated carbocycles. The average Bonchev–Trinajstić information content (AvgIpc) is 2.90. The van der Waals surface area contributed by atoms with Crippen molar-refractivity contribution in [1.82, 2.24) is 9.97 Å². The fourth-order valence-electron chi connectivity index (χ4n) is 4.25. The standard InChI is InChI=1S/C28H33F2N3O2.C2H6/c1-4-9-20(21-11-7-6-8-12-21)13-14-22(10-5-2)28(34)33-25-17-24(30)26(18-23(25)29)35-27-15-16-31-19(3)32-27;1-2/h6-8,11-12,15-18,20,22H,4-5,9-10,13-14H2,1-3H3,(H,33,34);1-2H3. The number of nitrogens with zero attached hydrogens (tertiary/aromatic N) is 2.